The molecule has 1 amide bonds. The van der Waals surface area contributed by atoms with E-state index in [0.717, 1.165) is 0 Å². The van der Waals surface area contributed by atoms with Crippen molar-refractivity contribution in [2.75, 3.05) is 0 Å². The molecular formula is C18H14F3NO3. The minimum Gasteiger partial charge on any atom is -0.458 e. The van der Waals surface area contributed by atoms with Crippen LogP contribution in [0.1, 0.15) is 17.4 Å². The number of benzene rings is 2. The Morgan fingerprint density at radius 3 is 2.36 bits per heavy atom. The Labute approximate surface area is 141 Å². The number of alkyl halides is 3. The molecule has 0 saturated carbocycles. The van der Waals surface area contributed by atoms with Crippen LogP contribution in [0, 0.1) is 6.92 Å². The van der Waals surface area contributed by atoms with Crippen LogP contribution in [0.15, 0.2) is 59.0 Å². The first kappa shape index (κ1) is 16.9. The Morgan fingerprint density at radius 1 is 1.08 bits per heavy atom. The molecule has 0 radical (unpaired) electrons. The summed E-state index contributed by atoms with van der Waals surface area (Å²) in [5.74, 6) is -0.221. The SMILES string of the molecule is Cc1c([C@@H](NC(=O)Oc2ccccc2)C(F)(F)F)oc2ccccc12. The predicted molar refractivity (Wildman–Crippen MR) is 85.3 cm³/mol. The van der Waals surface area contributed by atoms with Gasteiger partial charge in [-0.1, -0.05) is 36.4 Å². The van der Waals surface area contributed by atoms with E-state index in [1.807, 2.05) is 5.32 Å². The van der Waals surface area contributed by atoms with Crippen LogP contribution in [0.25, 0.3) is 11.0 Å². The fraction of sp³-hybridized carbons (Fsp3) is 0.167. The Bertz CT molecular complexity index is 887. The van der Waals surface area contributed by atoms with Gasteiger partial charge in [-0.3, -0.25) is 0 Å². The third kappa shape index (κ3) is 3.60. The van der Waals surface area contributed by atoms with Crippen molar-refractivity contribution in [1.29, 1.82) is 0 Å². The zero-order valence-corrected chi connectivity index (χ0v) is 13.1. The van der Waals surface area contributed by atoms with Gasteiger partial charge in [-0.25, -0.2) is 4.79 Å². The molecule has 0 spiro atoms. The number of hydrogen-bond acceptors (Lipinski definition) is 3. The smallest absolute Gasteiger partial charge is 0.416 e. The van der Waals surface area contributed by atoms with E-state index in [4.69, 9.17) is 9.15 Å². The van der Waals surface area contributed by atoms with E-state index in [-0.39, 0.29) is 11.5 Å². The van der Waals surface area contributed by atoms with E-state index in [1.54, 1.807) is 42.5 Å². The lowest BCUT2D eigenvalue weighted by Gasteiger charge is -2.20. The summed E-state index contributed by atoms with van der Waals surface area (Å²) in [5, 5.41) is 2.40. The van der Waals surface area contributed by atoms with Crippen molar-refractivity contribution in [2.45, 2.75) is 19.1 Å². The molecule has 0 aliphatic carbocycles. The number of carbonyl (C=O) groups is 1. The largest absolute Gasteiger partial charge is 0.458 e. The van der Waals surface area contributed by atoms with Crippen LogP contribution in [-0.2, 0) is 0 Å². The van der Waals surface area contributed by atoms with E-state index in [1.165, 1.54) is 19.1 Å². The monoisotopic (exact) mass is 349 g/mol. The Morgan fingerprint density at radius 2 is 1.72 bits per heavy atom. The number of hydrogen-bond donors (Lipinski definition) is 1. The van der Waals surface area contributed by atoms with Crippen molar-refractivity contribution in [3.05, 3.63) is 65.9 Å². The summed E-state index contributed by atoms with van der Waals surface area (Å²) in [5.41, 5.74) is 0.639. The van der Waals surface area contributed by atoms with Crippen LogP contribution in [-0.4, -0.2) is 12.3 Å². The van der Waals surface area contributed by atoms with Crippen molar-refractivity contribution >= 4 is 17.1 Å². The molecule has 0 saturated heterocycles. The number of rotatable bonds is 3. The lowest BCUT2D eigenvalue weighted by molar-refractivity contribution is -0.159. The maximum Gasteiger partial charge on any atom is 0.416 e. The van der Waals surface area contributed by atoms with Gasteiger partial charge in [-0.15, -0.1) is 0 Å². The van der Waals surface area contributed by atoms with E-state index in [0.29, 0.717) is 16.5 Å². The summed E-state index contributed by atoms with van der Waals surface area (Å²) in [6.07, 6.45) is -5.96. The summed E-state index contributed by atoms with van der Waals surface area (Å²) in [7, 11) is 0. The summed E-state index contributed by atoms with van der Waals surface area (Å²) < 4.78 is 50.7. The van der Waals surface area contributed by atoms with Gasteiger partial charge in [0.05, 0.1) is 0 Å². The Balaban J connectivity index is 1.89. The average molecular weight is 349 g/mol. The summed E-state index contributed by atoms with van der Waals surface area (Å²) in [6, 6.07) is 12.1. The molecule has 130 valence electrons. The molecule has 1 heterocycles. The molecule has 4 nitrogen and oxygen atoms in total. The average Bonchev–Trinajstić information content (AvgIpc) is 2.89. The zero-order valence-electron chi connectivity index (χ0n) is 13.1. The highest BCUT2D eigenvalue weighted by molar-refractivity contribution is 5.82. The number of furan rings is 1. The highest BCUT2D eigenvalue weighted by atomic mass is 19.4. The maximum absolute atomic E-state index is 13.5. The number of carbonyl (C=O) groups excluding carboxylic acids is 1. The van der Waals surface area contributed by atoms with Crippen molar-refractivity contribution in [2.24, 2.45) is 0 Å². The van der Waals surface area contributed by atoms with Gasteiger partial charge in [0.2, 0.25) is 0 Å². The molecule has 0 fully saturated rings. The Hall–Kier alpha value is -2.96. The molecule has 0 aliphatic rings. The van der Waals surface area contributed by atoms with E-state index in [9.17, 15) is 18.0 Å². The number of para-hydroxylation sites is 2. The fourth-order valence-corrected chi connectivity index (χ4v) is 2.51. The normalized spacial score (nSPS) is 12.8. The van der Waals surface area contributed by atoms with Gasteiger partial charge in [0.25, 0.3) is 0 Å². The van der Waals surface area contributed by atoms with E-state index < -0.39 is 18.3 Å². The highest BCUT2D eigenvalue weighted by Crippen LogP contribution is 2.38. The molecular weight excluding hydrogens is 335 g/mol. The number of fused-ring (bicyclic) bond motifs is 1. The third-order valence-corrected chi connectivity index (χ3v) is 3.69. The van der Waals surface area contributed by atoms with Crippen molar-refractivity contribution in [3.8, 4) is 5.75 Å². The molecule has 0 aliphatic heterocycles. The fourth-order valence-electron chi connectivity index (χ4n) is 2.51. The molecule has 3 aromatic rings. The molecule has 0 unspecified atom stereocenters. The Kier molecular flexibility index (Phi) is 4.39. The number of aryl methyl sites for hydroxylation is 1. The van der Waals surface area contributed by atoms with Gasteiger partial charge in [-0.05, 0) is 25.1 Å². The summed E-state index contributed by atoms with van der Waals surface area (Å²) in [4.78, 5) is 11.9. The molecule has 2 aromatic carbocycles. The molecule has 1 aromatic heterocycles. The van der Waals surface area contributed by atoms with Gasteiger partial charge in [0.15, 0.2) is 6.04 Å². The number of nitrogens with one attached hydrogen (secondary N) is 1. The third-order valence-electron chi connectivity index (χ3n) is 3.69. The molecule has 1 atom stereocenters. The molecule has 7 heteroatoms. The second-order valence-electron chi connectivity index (χ2n) is 5.41. The summed E-state index contributed by atoms with van der Waals surface area (Å²) in [6.45, 7) is 1.52. The standard InChI is InChI=1S/C18H14F3NO3/c1-11-13-9-5-6-10-14(13)25-15(11)16(18(19,20)21)22-17(23)24-12-7-3-2-4-8-12/h2-10,16H,1H3,(H,22,23)/t16-/m1/s1. The van der Waals surface area contributed by atoms with Crippen LogP contribution in [0.4, 0.5) is 18.0 Å². The van der Waals surface area contributed by atoms with Crippen molar-refractivity contribution in [3.63, 3.8) is 0 Å². The van der Waals surface area contributed by atoms with Crippen LogP contribution in [0.2, 0.25) is 0 Å². The number of amides is 1. The zero-order chi connectivity index (χ0) is 18.0. The van der Waals surface area contributed by atoms with Crippen LogP contribution >= 0.6 is 0 Å². The lowest BCUT2D eigenvalue weighted by atomic mass is 10.1. The molecule has 25 heavy (non-hydrogen) atoms. The van der Waals surface area contributed by atoms with Crippen molar-refractivity contribution < 1.29 is 27.1 Å². The highest BCUT2D eigenvalue weighted by Gasteiger charge is 2.45. The topological polar surface area (TPSA) is 51.5 Å². The van der Waals surface area contributed by atoms with Crippen LogP contribution in [0.3, 0.4) is 0 Å². The first-order valence-electron chi connectivity index (χ1n) is 7.44. The lowest BCUT2D eigenvalue weighted by Crippen LogP contribution is -2.39. The summed E-state index contributed by atoms with van der Waals surface area (Å²) >= 11 is 0. The minimum absolute atomic E-state index is 0.141. The molecule has 3 rings (SSSR count). The molecule has 0 bridgehead atoms. The number of halogens is 3. The number of ether oxygens (including phenoxy) is 1. The van der Waals surface area contributed by atoms with Gasteiger partial charge in [0.1, 0.15) is 17.1 Å². The first-order chi connectivity index (χ1) is 11.9. The quantitative estimate of drug-likeness (QED) is 0.713. The van der Waals surface area contributed by atoms with Crippen molar-refractivity contribution in [1.82, 2.24) is 5.32 Å². The van der Waals surface area contributed by atoms with Gasteiger partial charge < -0.3 is 14.5 Å². The minimum atomic E-state index is -4.74. The van der Waals surface area contributed by atoms with Crippen LogP contribution in [0.5, 0.6) is 5.75 Å². The van der Waals surface area contributed by atoms with Gasteiger partial charge >= 0.3 is 12.3 Å². The molecule has 1 N–H and O–H groups in total. The first-order valence-corrected chi connectivity index (χ1v) is 7.44. The second-order valence-corrected chi connectivity index (χ2v) is 5.41. The predicted octanol–water partition coefficient (Wildman–Crippen LogP) is 5.13. The van der Waals surface area contributed by atoms with Gasteiger partial charge in [-0.2, -0.15) is 13.2 Å². The maximum atomic E-state index is 13.5. The van der Waals surface area contributed by atoms with E-state index in [2.05, 4.69) is 0 Å². The van der Waals surface area contributed by atoms with E-state index >= 15 is 0 Å². The second kappa shape index (κ2) is 6.51. The van der Waals surface area contributed by atoms with Crippen LogP contribution < -0.4 is 10.1 Å². The van der Waals surface area contributed by atoms with Gasteiger partial charge in [0, 0.05) is 10.9 Å².